The van der Waals surface area contributed by atoms with Gasteiger partial charge in [-0.2, -0.15) is 13.2 Å². The molecule has 17 nitrogen and oxygen atoms in total. The Labute approximate surface area is 375 Å². The highest BCUT2D eigenvalue weighted by molar-refractivity contribution is 5.94. The molecule has 0 aliphatic heterocycles. The average molecular weight is 912 g/mol. The molecule has 65 heavy (non-hydrogen) atoms. The molecule has 1 aromatic heterocycles. The van der Waals surface area contributed by atoms with Crippen molar-refractivity contribution in [1.29, 1.82) is 0 Å². The molecule has 4 amide bonds. The lowest BCUT2D eigenvalue weighted by Gasteiger charge is -2.40. The molecule has 0 radical (unpaired) electrons. The number of nitrogens with zero attached hydrogens (tertiary/aromatic N) is 4. The number of halogens is 3. The van der Waals surface area contributed by atoms with Gasteiger partial charge < -0.3 is 39.2 Å². The van der Waals surface area contributed by atoms with Gasteiger partial charge in [0.15, 0.2) is 0 Å². The van der Waals surface area contributed by atoms with E-state index in [-0.39, 0.29) is 31.8 Å². The van der Waals surface area contributed by atoms with Crippen molar-refractivity contribution >= 4 is 30.0 Å². The van der Waals surface area contributed by atoms with E-state index >= 15 is 0 Å². The van der Waals surface area contributed by atoms with E-state index in [4.69, 9.17) is 18.9 Å². The predicted molar refractivity (Wildman–Crippen MR) is 229 cm³/mol. The van der Waals surface area contributed by atoms with Gasteiger partial charge in [-0.15, -0.1) is 5.10 Å². The standard InChI is InChI=1S/C45H56F3N7O10/c1-29(25-54-27-33(52-53-54)24-44(39(58)63-9,45(46,47)48)51-41(60)64-28-31-18-14-11-15-19-31)49-38(57)43(5,6)55(26-32-20-21-34(61-7)23-36(32)62-8)37(56)35(22-30-16-12-10-13-17-30)50-40(59)65-42(2,3)4/h10-21,23,27,29,35H,22,24-26,28H2,1-9H3,(H,49,57)(H,50,59)(H,51,60)/t29-,35-,44?/m0/s1. The topological polar surface area (TPSA) is 202 Å². The van der Waals surface area contributed by atoms with Gasteiger partial charge in [-0.25, -0.2) is 14.4 Å². The first-order valence-corrected chi connectivity index (χ1v) is 20.4. The molecule has 4 aromatic rings. The minimum absolute atomic E-state index is 0.0356. The van der Waals surface area contributed by atoms with Crippen LogP contribution in [-0.4, -0.2) is 106 Å². The molecule has 0 spiro atoms. The summed E-state index contributed by atoms with van der Waals surface area (Å²) in [5.74, 6) is -2.28. The van der Waals surface area contributed by atoms with Crippen LogP contribution in [0.1, 0.15) is 63.9 Å². The number of aromatic nitrogens is 3. The maximum absolute atomic E-state index is 14.9. The monoisotopic (exact) mass is 911 g/mol. The third kappa shape index (κ3) is 13.8. The molecular formula is C45H56F3N7O10. The predicted octanol–water partition coefficient (Wildman–Crippen LogP) is 5.69. The third-order valence-corrected chi connectivity index (χ3v) is 10.0. The fraction of sp³-hybridized carbons (Fsp3) is 0.444. The summed E-state index contributed by atoms with van der Waals surface area (Å²) < 4.78 is 71.5. The Kier molecular flexibility index (Phi) is 16.9. The van der Waals surface area contributed by atoms with Crippen LogP contribution >= 0.6 is 0 Å². The Morgan fingerprint density at radius 1 is 0.815 bits per heavy atom. The number of nitrogens with one attached hydrogen (secondary N) is 3. The zero-order valence-electron chi connectivity index (χ0n) is 37.8. The molecule has 4 rings (SSSR count). The van der Waals surface area contributed by atoms with E-state index < -0.39 is 71.3 Å². The van der Waals surface area contributed by atoms with Gasteiger partial charge in [0.2, 0.25) is 17.4 Å². The number of carbonyl (C=O) groups is 5. The van der Waals surface area contributed by atoms with E-state index in [9.17, 15) is 37.1 Å². The van der Waals surface area contributed by atoms with Crippen molar-refractivity contribution in [3.05, 3.63) is 107 Å². The molecule has 0 saturated heterocycles. The summed E-state index contributed by atoms with van der Waals surface area (Å²) >= 11 is 0. The highest BCUT2D eigenvalue weighted by Gasteiger charge is 2.63. The third-order valence-electron chi connectivity index (χ3n) is 10.0. The van der Waals surface area contributed by atoms with Crippen molar-refractivity contribution in [2.24, 2.45) is 0 Å². The van der Waals surface area contributed by atoms with Crippen LogP contribution in [0.2, 0.25) is 0 Å². The van der Waals surface area contributed by atoms with E-state index in [1.807, 2.05) is 0 Å². The van der Waals surface area contributed by atoms with Crippen LogP contribution in [0.15, 0.2) is 85.1 Å². The molecule has 1 unspecified atom stereocenters. The summed E-state index contributed by atoms with van der Waals surface area (Å²) in [5.41, 5.74) is -4.81. The molecular weight excluding hydrogens is 856 g/mol. The molecule has 1 heterocycles. The lowest BCUT2D eigenvalue weighted by atomic mass is 9.92. The second-order valence-corrected chi connectivity index (χ2v) is 16.6. The number of hydrogen-bond donors (Lipinski definition) is 3. The number of esters is 1. The molecule has 3 N–H and O–H groups in total. The minimum Gasteiger partial charge on any atom is -0.497 e. The molecule has 0 saturated carbocycles. The van der Waals surface area contributed by atoms with Gasteiger partial charge >= 0.3 is 24.3 Å². The van der Waals surface area contributed by atoms with Gasteiger partial charge in [-0.3, -0.25) is 19.6 Å². The molecule has 0 aliphatic rings. The highest BCUT2D eigenvalue weighted by Crippen LogP contribution is 2.35. The minimum atomic E-state index is -5.38. The van der Waals surface area contributed by atoms with Crippen molar-refractivity contribution in [2.45, 2.75) is 109 Å². The molecule has 0 fully saturated rings. The summed E-state index contributed by atoms with van der Waals surface area (Å²) in [4.78, 5) is 69.3. The molecule has 3 atom stereocenters. The number of hydrogen-bond acceptors (Lipinski definition) is 12. The van der Waals surface area contributed by atoms with Gasteiger partial charge in [0.05, 0.1) is 40.1 Å². The number of alkyl carbamates (subject to hydrolysis) is 2. The van der Waals surface area contributed by atoms with Gasteiger partial charge in [0.25, 0.3) is 0 Å². The van der Waals surface area contributed by atoms with Gasteiger partial charge in [-0.1, -0.05) is 65.9 Å². The number of ether oxygens (including phenoxy) is 5. The van der Waals surface area contributed by atoms with Gasteiger partial charge in [0.1, 0.15) is 35.3 Å². The van der Waals surface area contributed by atoms with Crippen LogP contribution in [0.25, 0.3) is 0 Å². The van der Waals surface area contributed by atoms with E-state index in [1.165, 1.54) is 33.0 Å². The Morgan fingerprint density at radius 3 is 2.02 bits per heavy atom. The van der Waals surface area contributed by atoms with E-state index in [2.05, 4.69) is 25.7 Å². The molecule has 352 valence electrons. The SMILES string of the molecule is COC(=O)C(Cc1cn(C[C@H](C)NC(=O)C(C)(C)N(Cc2ccc(OC)cc2OC)C(=O)[C@H](Cc2ccccc2)NC(=O)OC(C)(C)C)nn1)(NC(=O)OCc1ccccc1)C(F)(F)F. The fourth-order valence-electron chi connectivity index (χ4n) is 6.58. The largest absolute Gasteiger partial charge is 0.497 e. The van der Waals surface area contributed by atoms with Gasteiger partial charge in [-0.05, 0) is 64.8 Å². The number of amides is 4. The van der Waals surface area contributed by atoms with Crippen LogP contribution < -0.4 is 25.4 Å². The Balaban J connectivity index is 1.60. The van der Waals surface area contributed by atoms with Crippen LogP contribution in [-0.2, 0) is 61.1 Å². The molecule has 20 heteroatoms. The Hall–Kier alpha value is -6.86. The first-order valence-electron chi connectivity index (χ1n) is 20.4. The van der Waals surface area contributed by atoms with E-state index in [0.29, 0.717) is 28.2 Å². The summed E-state index contributed by atoms with van der Waals surface area (Å²) in [6, 6.07) is 20.1. The first kappa shape index (κ1) is 50.8. The first-order chi connectivity index (χ1) is 30.5. The zero-order valence-corrected chi connectivity index (χ0v) is 37.8. The van der Waals surface area contributed by atoms with Crippen molar-refractivity contribution < 1.29 is 60.8 Å². The van der Waals surface area contributed by atoms with Crippen molar-refractivity contribution in [3.8, 4) is 11.5 Å². The van der Waals surface area contributed by atoms with E-state index in [0.717, 1.165) is 18.0 Å². The number of carbonyl (C=O) groups excluding carboxylic acids is 5. The van der Waals surface area contributed by atoms with Crippen molar-refractivity contribution in [3.63, 3.8) is 0 Å². The van der Waals surface area contributed by atoms with Crippen molar-refractivity contribution in [2.75, 3.05) is 21.3 Å². The Bertz CT molecular complexity index is 2250. The van der Waals surface area contributed by atoms with Crippen LogP contribution in [0.5, 0.6) is 11.5 Å². The normalized spacial score (nSPS) is 13.5. The second-order valence-electron chi connectivity index (χ2n) is 16.6. The molecule has 0 aliphatic carbocycles. The molecule has 0 bridgehead atoms. The lowest BCUT2D eigenvalue weighted by Crippen LogP contribution is -2.65. The lowest BCUT2D eigenvalue weighted by molar-refractivity contribution is -0.210. The smallest absolute Gasteiger partial charge is 0.422 e. The van der Waals surface area contributed by atoms with Crippen LogP contribution in [0.4, 0.5) is 22.8 Å². The Morgan fingerprint density at radius 2 is 1.45 bits per heavy atom. The molecule has 3 aromatic carbocycles. The summed E-state index contributed by atoms with van der Waals surface area (Å²) in [6.45, 7) is 8.97. The fourth-order valence-corrected chi connectivity index (χ4v) is 6.58. The highest BCUT2D eigenvalue weighted by atomic mass is 19.4. The summed E-state index contributed by atoms with van der Waals surface area (Å²) in [6.07, 6.45) is -7.83. The quantitative estimate of drug-likeness (QED) is 0.0769. The number of methoxy groups -OCH3 is 3. The van der Waals surface area contributed by atoms with Gasteiger partial charge in [0, 0.05) is 36.7 Å². The van der Waals surface area contributed by atoms with E-state index in [1.54, 1.807) is 112 Å². The van der Waals surface area contributed by atoms with Crippen molar-refractivity contribution in [1.82, 2.24) is 35.8 Å². The summed E-state index contributed by atoms with van der Waals surface area (Å²) in [5, 5.41) is 14.9. The number of alkyl halides is 3. The maximum atomic E-state index is 14.9. The average Bonchev–Trinajstić information content (AvgIpc) is 3.69. The summed E-state index contributed by atoms with van der Waals surface area (Å²) in [7, 11) is 3.67. The second kappa shape index (κ2) is 21.7. The number of benzene rings is 3. The van der Waals surface area contributed by atoms with Crippen LogP contribution in [0.3, 0.4) is 0 Å². The zero-order chi connectivity index (χ0) is 48.2. The van der Waals surface area contributed by atoms with Crippen LogP contribution in [0, 0.1) is 0 Å². The maximum Gasteiger partial charge on any atom is 0.422 e. The number of rotatable bonds is 19.